The Morgan fingerprint density at radius 2 is 1.68 bits per heavy atom. The Bertz CT molecular complexity index is 579. The lowest BCUT2D eigenvalue weighted by atomic mass is 10.1. The molecule has 0 unspecified atom stereocenters. The third-order valence-corrected chi connectivity index (χ3v) is 2.99. The molecule has 0 aromatic heterocycles. The maximum absolute atomic E-state index is 11.9. The second kappa shape index (κ2) is 10.3. The van der Waals surface area contributed by atoms with Crippen molar-refractivity contribution in [1.29, 1.82) is 0 Å². The third kappa shape index (κ3) is 10.0. The number of aliphatic imine (C=N–C) groups is 1. The van der Waals surface area contributed by atoms with E-state index < -0.39 is 0 Å². The molecule has 0 aliphatic rings. The average molecular weight is 347 g/mol. The van der Waals surface area contributed by atoms with Crippen molar-refractivity contribution < 1.29 is 9.59 Å². The Morgan fingerprint density at radius 1 is 1.00 bits per heavy atom. The molecule has 1 aromatic rings. The highest BCUT2D eigenvalue weighted by Crippen LogP contribution is 1.98. The number of nitrogens with zero attached hydrogens (tertiary/aromatic N) is 1. The summed E-state index contributed by atoms with van der Waals surface area (Å²) >= 11 is 0. The molecule has 0 fully saturated rings. The predicted octanol–water partition coefficient (Wildman–Crippen LogP) is 0.773. The summed E-state index contributed by atoms with van der Waals surface area (Å²) in [6.07, 6.45) is 0. The quantitative estimate of drug-likeness (QED) is 0.433. The maximum atomic E-state index is 11.9. The summed E-state index contributed by atoms with van der Waals surface area (Å²) in [6.45, 7) is 8.85. The van der Waals surface area contributed by atoms with Crippen molar-refractivity contribution in [1.82, 2.24) is 21.3 Å². The Balaban J connectivity index is 2.42. The van der Waals surface area contributed by atoms with Crippen LogP contribution in [0.5, 0.6) is 0 Å². The number of carbonyl (C=O) groups excluding carboxylic acids is 2. The molecule has 0 aliphatic carbocycles. The number of guanidine groups is 1. The molecule has 1 aromatic carbocycles. The average Bonchev–Trinajstić information content (AvgIpc) is 2.55. The Kier molecular flexibility index (Phi) is 8.46. The molecular formula is C18H29N5O2. The molecule has 0 saturated carbocycles. The zero-order valence-corrected chi connectivity index (χ0v) is 15.5. The highest BCUT2D eigenvalue weighted by atomic mass is 16.2. The van der Waals surface area contributed by atoms with Gasteiger partial charge in [-0.15, -0.1) is 0 Å². The molecule has 25 heavy (non-hydrogen) atoms. The van der Waals surface area contributed by atoms with Crippen molar-refractivity contribution in [3.05, 3.63) is 35.9 Å². The molecule has 0 bridgehead atoms. The predicted molar refractivity (Wildman–Crippen MR) is 100 cm³/mol. The number of carbonyl (C=O) groups is 2. The molecular weight excluding hydrogens is 318 g/mol. The zero-order valence-electron chi connectivity index (χ0n) is 15.5. The first-order valence-corrected chi connectivity index (χ1v) is 8.44. The van der Waals surface area contributed by atoms with Crippen molar-refractivity contribution >= 4 is 17.8 Å². The van der Waals surface area contributed by atoms with Crippen LogP contribution in [0.25, 0.3) is 0 Å². The fraction of sp³-hybridized carbons (Fsp3) is 0.500. The monoisotopic (exact) mass is 347 g/mol. The largest absolute Gasteiger partial charge is 0.357 e. The van der Waals surface area contributed by atoms with Crippen molar-refractivity contribution in [2.24, 2.45) is 4.99 Å². The molecule has 0 spiro atoms. The van der Waals surface area contributed by atoms with Gasteiger partial charge in [-0.2, -0.15) is 0 Å². The fourth-order valence-electron chi connectivity index (χ4n) is 1.97. The van der Waals surface area contributed by atoms with Crippen LogP contribution in [0.1, 0.15) is 33.3 Å². The lowest BCUT2D eigenvalue weighted by Crippen LogP contribution is -2.45. The van der Waals surface area contributed by atoms with Crippen LogP contribution in [-0.2, 0) is 16.1 Å². The van der Waals surface area contributed by atoms with Gasteiger partial charge in [0.25, 0.3) is 0 Å². The lowest BCUT2D eigenvalue weighted by Gasteiger charge is -2.20. The van der Waals surface area contributed by atoms with Crippen LogP contribution in [0.2, 0.25) is 0 Å². The topological polar surface area (TPSA) is 94.6 Å². The minimum absolute atomic E-state index is 0.00175. The third-order valence-electron chi connectivity index (χ3n) is 2.99. The molecule has 7 nitrogen and oxygen atoms in total. The number of amides is 2. The van der Waals surface area contributed by atoms with Crippen LogP contribution in [0.15, 0.2) is 35.3 Å². The smallest absolute Gasteiger partial charge is 0.242 e. The van der Waals surface area contributed by atoms with Gasteiger partial charge in [-0.1, -0.05) is 30.3 Å². The summed E-state index contributed by atoms with van der Waals surface area (Å²) in [7, 11) is 0. The number of rotatable bonds is 7. The Morgan fingerprint density at radius 3 is 2.28 bits per heavy atom. The summed E-state index contributed by atoms with van der Waals surface area (Å²) in [4.78, 5) is 27.9. The Hall–Kier alpha value is -2.57. The van der Waals surface area contributed by atoms with E-state index in [0.717, 1.165) is 5.56 Å². The van der Waals surface area contributed by atoms with E-state index in [2.05, 4.69) is 26.3 Å². The molecule has 7 heteroatoms. The summed E-state index contributed by atoms with van der Waals surface area (Å²) in [5, 5.41) is 11.6. The van der Waals surface area contributed by atoms with Gasteiger partial charge in [-0.3, -0.25) is 9.59 Å². The van der Waals surface area contributed by atoms with Crippen molar-refractivity contribution in [2.45, 2.75) is 39.8 Å². The molecule has 1 rings (SSSR count). The standard InChI is InChI=1S/C18H29N5O2/c1-5-19-17(22-13-16(25)23-18(2,3)4)21-12-15(24)20-11-14-9-7-6-8-10-14/h6-10H,5,11-13H2,1-4H3,(H,20,24)(H,23,25)(H2,19,21,22). The molecule has 138 valence electrons. The molecule has 0 aliphatic heterocycles. The van der Waals surface area contributed by atoms with Crippen molar-refractivity contribution in [3.63, 3.8) is 0 Å². The van der Waals surface area contributed by atoms with Gasteiger partial charge in [-0.05, 0) is 33.3 Å². The van der Waals surface area contributed by atoms with E-state index in [4.69, 9.17) is 0 Å². The van der Waals surface area contributed by atoms with Crippen LogP contribution >= 0.6 is 0 Å². The number of benzene rings is 1. The fourth-order valence-corrected chi connectivity index (χ4v) is 1.97. The van der Waals surface area contributed by atoms with Crippen LogP contribution in [-0.4, -0.2) is 42.9 Å². The van der Waals surface area contributed by atoms with Crippen LogP contribution < -0.4 is 21.3 Å². The van der Waals surface area contributed by atoms with Crippen LogP contribution in [0.4, 0.5) is 0 Å². The van der Waals surface area contributed by atoms with Gasteiger partial charge < -0.3 is 21.3 Å². The summed E-state index contributed by atoms with van der Waals surface area (Å²) in [5.74, 6) is 0.119. The van der Waals surface area contributed by atoms with Crippen molar-refractivity contribution in [2.75, 3.05) is 19.6 Å². The minimum atomic E-state index is -0.296. The van der Waals surface area contributed by atoms with E-state index in [0.29, 0.717) is 19.0 Å². The molecule has 0 heterocycles. The lowest BCUT2D eigenvalue weighted by molar-refractivity contribution is -0.121. The van der Waals surface area contributed by atoms with Gasteiger partial charge >= 0.3 is 0 Å². The van der Waals surface area contributed by atoms with Crippen LogP contribution in [0.3, 0.4) is 0 Å². The molecule has 0 radical (unpaired) electrons. The summed E-state index contributed by atoms with van der Waals surface area (Å²) < 4.78 is 0. The molecule has 2 amide bonds. The first kappa shape index (κ1) is 20.5. The van der Waals surface area contributed by atoms with E-state index >= 15 is 0 Å². The SMILES string of the molecule is CCNC(=NCC(=O)NC(C)(C)C)NCC(=O)NCc1ccccc1. The maximum Gasteiger partial charge on any atom is 0.242 e. The molecule has 4 N–H and O–H groups in total. The van der Waals surface area contributed by atoms with Gasteiger partial charge in [0.15, 0.2) is 5.96 Å². The summed E-state index contributed by atoms with van der Waals surface area (Å²) in [6, 6.07) is 9.69. The number of hydrogen-bond acceptors (Lipinski definition) is 3. The number of hydrogen-bond donors (Lipinski definition) is 4. The van der Waals surface area contributed by atoms with Gasteiger partial charge in [0.1, 0.15) is 6.54 Å². The molecule has 0 saturated heterocycles. The van der Waals surface area contributed by atoms with E-state index in [-0.39, 0.29) is 30.4 Å². The van der Waals surface area contributed by atoms with E-state index in [1.54, 1.807) is 0 Å². The minimum Gasteiger partial charge on any atom is -0.357 e. The van der Waals surface area contributed by atoms with E-state index in [9.17, 15) is 9.59 Å². The van der Waals surface area contributed by atoms with Crippen LogP contribution in [0, 0.1) is 0 Å². The molecule has 0 atom stereocenters. The summed E-state index contributed by atoms with van der Waals surface area (Å²) in [5.41, 5.74) is 0.741. The first-order chi connectivity index (χ1) is 11.8. The highest BCUT2D eigenvalue weighted by Gasteiger charge is 2.13. The second-order valence-electron chi connectivity index (χ2n) is 6.61. The van der Waals surface area contributed by atoms with Gasteiger partial charge in [0.2, 0.25) is 11.8 Å². The van der Waals surface area contributed by atoms with E-state index in [1.165, 1.54) is 0 Å². The number of nitrogens with one attached hydrogen (secondary N) is 4. The van der Waals surface area contributed by atoms with Crippen molar-refractivity contribution in [3.8, 4) is 0 Å². The first-order valence-electron chi connectivity index (χ1n) is 8.44. The van der Waals surface area contributed by atoms with E-state index in [1.807, 2.05) is 58.0 Å². The van der Waals surface area contributed by atoms with Gasteiger partial charge in [0.05, 0.1) is 6.54 Å². The second-order valence-corrected chi connectivity index (χ2v) is 6.61. The Labute approximate surface area is 149 Å². The highest BCUT2D eigenvalue weighted by molar-refractivity contribution is 5.88. The van der Waals surface area contributed by atoms with Gasteiger partial charge in [0, 0.05) is 18.6 Å². The zero-order chi connectivity index (χ0) is 18.7. The van der Waals surface area contributed by atoms with Gasteiger partial charge in [-0.25, -0.2) is 4.99 Å². The normalized spacial score (nSPS) is 11.6.